The quantitative estimate of drug-likeness (QED) is 0.620. The molecule has 1 heterocycles. The highest BCUT2D eigenvalue weighted by atomic mass is 79.9. The molecule has 8 heteroatoms. The summed E-state index contributed by atoms with van der Waals surface area (Å²) >= 11 is 9.62. The number of hydrogen-bond donors (Lipinski definition) is 1. The second-order valence-electron chi connectivity index (χ2n) is 7.37. The third-order valence-corrected chi connectivity index (χ3v) is 6.71. The summed E-state index contributed by atoms with van der Waals surface area (Å²) in [5.41, 5.74) is 4.07. The third kappa shape index (κ3) is 4.84. The van der Waals surface area contributed by atoms with Crippen LogP contribution in [0.15, 0.2) is 34.8 Å². The van der Waals surface area contributed by atoms with Crippen molar-refractivity contribution in [1.82, 2.24) is 0 Å². The Morgan fingerprint density at radius 1 is 1.23 bits per heavy atom. The number of carbonyl (C=O) groups is 3. The predicted molar refractivity (Wildman–Crippen MR) is 120 cm³/mol. The standard InChI is InChI=1S/C22H22BrClN2O4/c1-12-7-16(8-13(2)21(12)23)25-19(27)11-30-22(29)15-9-20(28)26(10-15)18-6-4-5-17(24)14(18)3/h4-8,15H,9-11H2,1-3H3,(H,25,27)/t15-/m0/s1. The Labute approximate surface area is 188 Å². The molecule has 0 bridgehead atoms. The van der Waals surface area contributed by atoms with Gasteiger partial charge in [-0.1, -0.05) is 33.6 Å². The van der Waals surface area contributed by atoms with E-state index < -0.39 is 24.4 Å². The first-order valence-electron chi connectivity index (χ1n) is 9.46. The minimum atomic E-state index is -0.624. The zero-order chi connectivity index (χ0) is 22.0. The lowest BCUT2D eigenvalue weighted by molar-refractivity contribution is -0.151. The molecule has 0 spiro atoms. The van der Waals surface area contributed by atoms with Crippen LogP contribution < -0.4 is 10.2 Å². The van der Waals surface area contributed by atoms with Crippen molar-refractivity contribution in [1.29, 1.82) is 0 Å². The number of nitrogens with one attached hydrogen (secondary N) is 1. The first-order chi connectivity index (χ1) is 14.2. The molecule has 158 valence electrons. The fourth-order valence-electron chi connectivity index (χ4n) is 3.46. The number of rotatable bonds is 5. The van der Waals surface area contributed by atoms with Gasteiger partial charge in [-0.25, -0.2) is 0 Å². The van der Waals surface area contributed by atoms with Gasteiger partial charge in [0.05, 0.1) is 5.92 Å². The highest BCUT2D eigenvalue weighted by Crippen LogP contribution is 2.32. The first kappa shape index (κ1) is 22.3. The van der Waals surface area contributed by atoms with Gasteiger partial charge in [0.2, 0.25) is 5.91 Å². The van der Waals surface area contributed by atoms with E-state index in [1.807, 2.05) is 32.9 Å². The average Bonchev–Trinajstić information content (AvgIpc) is 3.08. The third-order valence-electron chi connectivity index (χ3n) is 5.05. The molecule has 2 aromatic rings. The van der Waals surface area contributed by atoms with Gasteiger partial charge in [-0.05, 0) is 61.7 Å². The Morgan fingerprint density at radius 2 is 1.90 bits per heavy atom. The number of amides is 2. The zero-order valence-electron chi connectivity index (χ0n) is 16.9. The lowest BCUT2D eigenvalue weighted by atomic mass is 10.1. The fourth-order valence-corrected chi connectivity index (χ4v) is 3.85. The summed E-state index contributed by atoms with van der Waals surface area (Å²) in [5, 5.41) is 3.28. The molecule has 1 saturated heterocycles. The second-order valence-corrected chi connectivity index (χ2v) is 8.57. The van der Waals surface area contributed by atoms with E-state index in [1.165, 1.54) is 0 Å². The molecular weight excluding hydrogens is 472 g/mol. The molecule has 2 amide bonds. The normalized spacial score (nSPS) is 16.0. The molecule has 2 aromatic carbocycles. The molecule has 6 nitrogen and oxygen atoms in total. The summed E-state index contributed by atoms with van der Waals surface area (Å²) in [5.74, 6) is -1.80. The summed E-state index contributed by atoms with van der Waals surface area (Å²) in [7, 11) is 0. The number of aryl methyl sites for hydroxylation is 2. The van der Waals surface area contributed by atoms with E-state index in [0.29, 0.717) is 16.4 Å². The second kappa shape index (κ2) is 9.18. The van der Waals surface area contributed by atoms with Gasteiger partial charge in [-0.3, -0.25) is 14.4 Å². The smallest absolute Gasteiger partial charge is 0.311 e. The van der Waals surface area contributed by atoms with Crippen molar-refractivity contribution >= 4 is 56.7 Å². The molecule has 1 atom stereocenters. The molecule has 1 aliphatic heterocycles. The summed E-state index contributed by atoms with van der Waals surface area (Å²) < 4.78 is 6.15. The molecule has 0 saturated carbocycles. The van der Waals surface area contributed by atoms with E-state index in [-0.39, 0.29) is 18.9 Å². The van der Waals surface area contributed by atoms with Crippen LogP contribution in [-0.2, 0) is 19.1 Å². The molecule has 3 rings (SSSR count). The Hall–Kier alpha value is -2.38. The van der Waals surface area contributed by atoms with Gasteiger partial charge in [-0.2, -0.15) is 0 Å². The summed E-state index contributed by atoms with van der Waals surface area (Å²) in [6.07, 6.45) is 0.0392. The van der Waals surface area contributed by atoms with Crippen LogP contribution in [0, 0.1) is 26.7 Å². The van der Waals surface area contributed by atoms with Gasteiger partial charge in [0, 0.05) is 33.8 Å². The Bertz CT molecular complexity index is 1000. The SMILES string of the molecule is Cc1cc(NC(=O)COC(=O)[C@H]2CC(=O)N(c3cccc(Cl)c3C)C2)cc(C)c1Br. The van der Waals surface area contributed by atoms with Crippen LogP contribution >= 0.6 is 27.5 Å². The minimum Gasteiger partial charge on any atom is -0.455 e. The Morgan fingerprint density at radius 3 is 2.57 bits per heavy atom. The molecule has 0 unspecified atom stereocenters. The van der Waals surface area contributed by atoms with Crippen molar-refractivity contribution in [3.63, 3.8) is 0 Å². The highest BCUT2D eigenvalue weighted by Gasteiger charge is 2.37. The van der Waals surface area contributed by atoms with Crippen molar-refractivity contribution in [3.8, 4) is 0 Å². The number of esters is 1. The lowest BCUT2D eigenvalue weighted by Gasteiger charge is -2.19. The molecule has 0 aromatic heterocycles. The monoisotopic (exact) mass is 492 g/mol. The van der Waals surface area contributed by atoms with E-state index in [2.05, 4.69) is 21.2 Å². The number of nitrogens with zero attached hydrogens (tertiary/aromatic N) is 1. The van der Waals surface area contributed by atoms with Crippen LogP contribution in [0.4, 0.5) is 11.4 Å². The summed E-state index contributed by atoms with van der Waals surface area (Å²) in [6, 6.07) is 8.97. The van der Waals surface area contributed by atoms with Crippen LogP contribution in [0.25, 0.3) is 0 Å². The van der Waals surface area contributed by atoms with E-state index in [4.69, 9.17) is 16.3 Å². The maximum absolute atomic E-state index is 12.4. The van der Waals surface area contributed by atoms with Crippen molar-refractivity contribution < 1.29 is 19.1 Å². The summed E-state index contributed by atoms with van der Waals surface area (Å²) in [6.45, 7) is 5.47. The number of benzene rings is 2. The molecule has 0 radical (unpaired) electrons. The fraction of sp³-hybridized carbons (Fsp3) is 0.318. The van der Waals surface area contributed by atoms with Crippen molar-refractivity contribution in [2.75, 3.05) is 23.4 Å². The van der Waals surface area contributed by atoms with Crippen LogP contribution in [0.1, 0.15) is 23.1 Å². The van der Waals surface area contributed by atoms with Gasteiger partial charge in [-0.15, -0.1) is 0 Å². The van der Waals surface area contributed by atoms with Crippen LogP contribution in [0.5, 0.6) is 0 Å². The predicted octanol–water partition coefficient (Wildman–Crippen LogP) is 4.56. The molecule has 30 heavy (non-hydrogen) atoms. The number of halogens is 2. The van der Waals surface area contributed by atoms with E-state index >= 15 is 0 Å². The van der Waals surface area contributed by atoms with Gasteiger partial charge < -0.3 is 15.0 Å². The maximum atomic E-state index is 12.4. The summed E-state index contributed by atoms with van der Waals surface area (Å²) in [4.78, 5) is 38.6. The van der Waals surface area contributed by atoms with Crippen LogP contribution in [-0.4, -0.2) is 30.9 Å². The molecule has 1 fully saturated rings. The van der Waals surface area contributed by atoms with Crippen molar-refractivity contribution in [2.24, 2.45) is 5.92 Å². The van der Waals surface area contributed by atoms with Crippen LogP contribution in [0.2, 0.25) is 5.02 Å². The van der Waals surface area contributed by atoms with E-state index in [1.54, 1.807) is 23.1 Å². The van der Waals surface area contributed by atoms with Crippen molar-refractivity contribution in [2.45, 2.75) is 27.2 Å². The number of anilines is 2. The topological polar surface area (TPSA) is 75.7 Å². The molecule has 0 aliphatic carbocycles. The van der Waals surface area contributed by atoms with Crippen LogP contribution in [0.3, 0.4) is 0 Å². The molecule has 1 N–H and O–H groups in total. The lowest BCUT2D eigenvalue weighted by Crippen LogP contribution is -2.28. The average molecular weight is 494 g/mol. The molecule has 1 aliphatic rings. The largest absolute Gasteiger partial charge is 0.455 e. The highest BCUT2D eigenvalue weighted by molar-refractivity contribution is 9.10. The Balaban J connectivity index is 1.57. The Kier molecular flexibility index (Phi) is 6.83. The van der Waals surface area contributed by atoms with Crippen molar-refractivity contribution in [3.05, 3.63) is 56.5 Å². The minimum absolute atomic E-state index is 0.0392. The van der Waals surface area contributed by atoms with Gasteiger partial charge in [0.25, 0.3) is 5.91 Å². The number of ether oxygens (including phenoxy) is 1. The zero-order valence-corrected chi connectivity index (χ0v) is 19.3. The van der Waals surface area contributed by atoms with E-state index in [9.17, 15) is 14.4 Å². The first-order valence-corrected chi connectivity index (χ1v) is 10.6. The van der Waals surface area contributed by atoms with Gasteiger partial charge >= 0.3 is 5.97 Å². The van der Waals surface area contributed by atoms with E-state index in [0.717, 1.165) is 21.2 Å². The maximum Gasteiger partial charge on any atom is 0.311 e. The number of carbonyl (C=O) groups excluding carboxylic acids is 3. The van der Waals surface area contributed by atoms with Gasteiger partial charge in [0.1, 0.15) is 0 Å². The number of hydrogen-bond acceptors (Lipinski definition) is 4. The van der Waals surface area contributed by atoms with Gasteiger partial charge in [0.15, 0.2) is 6.61 Å². The molecular formula is C22H22BrClN2O4.